The molecule has 1 aromatic rings. The Morgan fingerprint density at radius 2 is 1.84 bits per heavy atom. The molecule has 0 saturated carbocycles. The van der Waals surface area contributed by atoms with Gasteiger partial charge in [-0.25, -0.2) is 4.39 Å². The van der Waals surface area contributed by atoms with E-state index in [1.807, 2.05) is 5.32 Å². The SMILES string of the molecule is Cc1ccc(NC(=O)C(=O)NCC(F)(F)F)cc1F. The summed E-state index contributed by atoms with van der Waals surface area (Å²) in [7, 11) is 0. The maximum atomic E-state index is 13.1. The van der Waals surface area contributed by atoms with Crippen molar-refractivity contribution in [2.75, 3.05) is 11.9 Å². The van der Waals surface area contributed by atoms with Crippen LogP contribution in [0.2, 0.25) is 0 Å². The van der Waals surface area contributed by atoms with Gasteiger partial charge in [0.2, 0.25) is 0 Å². The molecular formula is C11H10F4N2O2. The number of aryl methyl sites for hydroxylation is 1. The Kier molecular flexibility index (Phi) is 4.47. The van der Waals surface area contributed by atoms with Gasteiger partial charge in [-0.05, 0) is 24.6 Å². The first-order valence-electron chi connectivity index (χ1n) is 5.11. The van der Waals surface area contributed by atoms with E-state index in [1.165, 1.54) is 24.4 Å². The van der Waals surface area contributed by atoms with Crippen molar-refractivity contribution in [1.29, 1.82) is 0 Å². The average molecular weight is 278 g/mol. The van der Waals surface area contributed by atoms with Crippen LogP contribution in [0.3, 0.4) is 0 Å². The van der Waals surface area contributed by atoms with E-state index in [9.17, 15) is 27.2 Å². The molecule has 0 spiro atoms. The highest BCUT2D eigenvalue weighted by atomic mass is 19.4. The van der Waals surface area contributed by atoms with Crippen LogP contribution in [0.5, 0.6) is 0 Å². The molecule has 0 heterocycles. The monoisotopic (exact) mass is 278 g/mol. The highest BCUT2D eigenvalue weighted by Gasteiger charge is 2.29. The van der Waals surface area contributed by atoms with Crippen molar-refractivity contribution >= 4 is 17.5 Å². The zero-order chi connectivity index (χ0) is 14.6. The zero-order valence-corrected chi connectivity index (χ0v) is 9.77. The summed E-state index contributed by atoms with van der Waals surface area (Å²) in [5, 5.41) is 3.39. The van der Waals surface area contributed by atoms with Gasteiger partial charge in [0.15, 0.2) is 0 Å². The Morgan fingerprint density at radius 1 is 1.21 bits per heavy atom. The Morgan fingerprint density at radius 3 is 2.37 bits per heavy atom. The first-order valence-corrected chi connectivity index (χ1v) is 5.11. The van der Waals surface area contributed by atoms with Gasteiger partial charge in [0.05, 0.1) is 0 Å². The smallest absolute Gasteiger partial charge is 0.339 e. The Hall–Kier alpha value is -2.12. The van der Waals surface area contributed by atoms with Crippen LogP contribution in [-0.2, 0) is 9.59 Å². The van der Waals surface area contributed by atoms with Crippen LogP contribution >= 0.6 is 0 Å². The lowest BCUT2D eigenvalue weighted by atomic mass is 10.2. The summed E-state index contributed by atoms with van der Waals surface area (Å²) >= 11 is 0. The molecule has 0 saturated heterocycles. The highest BCUT2D eigenvalue weighted by Crippen LogP contribution is 2.14. The molecule has 0 unspecified atom stereocenters. The third kappa shape index (κ3) is 4.94. The number of halogens is 4. The summed E-state index contributed by atoms with van der Waals surface area (Å²) in [6, 6.07) is 3.65. The molecule has 0 aliphatic carbocycles. The normalized spacial score (nSPS) is 11.0. The minimum atomic E-state index is -4.61. The van der Waals surface area contributed by atoms with Gasteiger partial charge >= 0.3 is 18.0 Å². The fourth-order valence-electron chi connectivity index (χ4n) is 1.12. The number of hydrogen-bond donors (Lipinski definition) is 2. The van der Waals surface area contributed by atoms with Crippen LogP contribution in [0.25, 0.3) is 0 Å². The van der Waals surface area contributed by atoms with Crippen molar-refractivity contribution in [3.63, 3.8) is 0 Å². The van der Waals surface area contributed by atoms with Gasteiger partial charge in [0, 0.05) is 5.69 Å². The predicted molar refractivity (Wildman–Crippen MR) is 58.8 cm³/mol. The van der Waals surface area contributed by atoms with E-state index in [1.54, 1.807) is 0 Å². The summed E-state index contributed by atoms with van der Waals surface area (Å²) in [5.41, 5.74) is 0.315. The topological polar surface area (TPSA) is 58.2 Å². The second-order valence-corrected chi connectivity index (χ2v) is 3.72. The molecule has 4 nitrogen and oxygen atoms in total. The Bertz CT molecular complexity index is 500. The van der Waals surface area contributed by atoms with Gasteiger partial charge in [-0.1, -0.05) is 6.07 Å². The minimum Gasteiger partial charge on any atom is -0.339 e. The lowest BCUT2D eigenvalue weighted by molar-refractivity contribution is -0.144. The fraction of sp³-hybridized carbons (Fsp3) is 0.273. The number of hydrogen-bond acceptors (Lipinski definition) is 2. The van der Waals surface area contributed by atoms with Crippen LogP contribution in [0, 0.1) is 12.7 Å². The zero-order valence-electron chi connectivity index (χ0n) is 9.77. The van der Waals surface area contributed by atoms with Crippen molar-refractivity contribution in [2.24, 2.45) is 0 Å². The van der Waals surface area contributed by atoms with E-state index in [0.717, 1.165) is 6.07 Å². The number of amides is 2. The summed E-state index contributed by atoms with van der Waals surface area (Å²) in [6.45, 7) is -0.113. The number of alkyl halides is 3. The van der Waals surface area contributed by atoms with Crippen LogP contribution in [0.15, 0.2) is 18.2 Å². The van der Waals surface area contributed by atoms with Crippen molar-refractivity contribution in [2.45, 2.75) is 13.1 Å². The van der Waals surface area contributed by atoms with Gasteiger partial charge in [0.25, 0.3) is 0 Å². The maximum absolute atomic E-state index is 13.1. The summed E-state index contributed by atoms with van der Waals surface area (Å²) in [6.07, 6.45) is -4.61. The van der Waals surface area contributed by atoms with Crippen LogP contribution in [0.4, 0.5) is 23.2 Å². The number of anilines is 1. The standard InChI is InChI=1S/C11H10F4N2O2/c1-6-2-3-7(4-8(6)12)17-10(19)9(18)16-5-11(13,14)15/h2-4H,5H2,1H3,(H,16,18)(H,17,19). The van der Waals surface area contributed by atoms with Crippen LogP contribution in [-0.4, -0.2) is 24.5 Å². The predicted octanol–water partition coefficient (Wildman–Crippen LogP) is 1.75. The number of carbonyl (C=O) groups excluding carboxylic acids is 2. The molecular weight excluding hydrogens is 268 g/mol. The molecule has 1 rings (SSSR count). The van der Waals surface area contributed by atoms with E-state index >= 15 is 0 Å². The number of benzene rings is 1. The van der Waals surface area contributed by atoms with Gasteiger partial charge in [-0.15, -0.1) is 0 Å². The first-order chi connectivity index (χ1) is 8.69. The molecule has 0 atom stereocenters. The first kappa shape index (κ1) is 14.9. The Labute approximate surface area is 105 Å². The number of carbonyl (C=O) groups is 2. The molecule has 0 bridgehead atoms. The molecule has 19 heavy (non-hydrogen) atoms. The van der Waals surface area contributed by atoms with Crippen molar-refractivity contribution in [3.05, 3.63) is 29.6 Å². The lowest BCUT2D eigenvalue weighted by Gasteiger charge is -2.09. The molecule has 0 aromatic heterocycles. The summed E-state index contributed by atoms with van der Waals surface area (Å²) < 4.78 is 48.6. The van der Waals surface area contributed by atoms with Crippen molar-refractivity contribution < 1.29 is 27.2 Å². The fourth-order valence-corrected chi connectivity index (χ4v) is 1.12. The average Bonchev–Trinajstić information content (AvgIpc) is 2.29. The van der Waals surface area contributed by atoms with E-state index in [0.29, 0.717) is 5.56 Å². The highest BCUT2D eigenvalue weighted by molar-refractivity contribution is 6.39. The third-order valence-corrected chi connectivity index (χ3v) is 2.09. The van der Waals surface area contributed by atoms with Gasteiger partial charge < -0.3 is 10.6 Å². The molecule has 104 valence electrons. The molecule has 0 fully saturated rings. The van der Waals surface area contributed by atoms with Crippen LogP contribution in [0.1, 0.15) is 5.56 Å². The van der Waals surface area contributed by atoms with E-state index in [4.69, 9.17) is 0 Å². The number of rotatable bonds is 2. The summed E-state index contributed by atoms with van der Waals surface area (Å²) in [5.74, 6) is -3.35. The minimum absolute atomic E-state index is 0.0183. The van der Waals surface area contributed by atoms with Crippen molar-refractivity contribution in [3.8, 4) is 0 Å². The molecule has 2 amide bonds. The molecule has 0 aliphatic rings. The largest absolute Gasteiger partial charge is 0.405 e. The van der Waals surface area contributed by atoms with Gasteiger partial charge in [-0.2, -0.15) is 13.2 Å². The maximum Gasteiger partial charge on any atom is 0.405 e. The molecule has 2 N–H and O–H groups in total. The second kappa shape index (κ2) is 5.68. The lowest BCUT2D eigenvalue weighted by Crippen LogP contribution is -2.40. The molecule has 1 aromatic carbocycles. The van der Waals surface area contributed by atoms with E-state index in [-0.39, 0.29) is 5.69 Å². The summed E-state index contributed by atoms with van der Waals surface area (Å²) in [4.78, 5) is 22.2. The second-order valence-electron chi connectivity index (χ2n) is 3.72. The molecule has 8 heteroatoms. The quantitative estimate of drug-likeness (QED) is 0.639. The molecule has 0 radical (unpaired) electrons. The number of nitrogens with one attached hydrogen (secondary N) is 2. The van der Waals surface area contributed by atoms with Crippen LogP contribution < -0.4 is 10.6 Å². The van der Waals surface area contributed by atoms with Gasteiger partial charge in [0.1, 0.15) is 12.4 Å². The van der Waals surface area contributed by atoms with Crippen molar-refractivity contribution in [1.82, 2.24) is 5.32 Å². The van der Waals surface area contributed by atoms with E-state index < -0.39 is 30.4 Å². The third-order valence-electron chi connectivity index (χ3n) is 2.09. The molecule has 0 aliphatic heterocycles. The van der Waals surface area contributed by atoms with Gasteiger partial charge in [-0.3, -0.25) is 9.59 Å². The van der Waals surface area contributed by atoms with E-state index in [2.05, 4.69) is 0 Å². The Balaban J connectivity index is 2.59.